The van der Waals surface area contributed by atoms with Crippen LogP contribution in [0, 0.1) is 0 Å². The van der Waals surface area contributed by atoms with Crippen LogP contribution in [0.1, 0.15) is 5.56 Å². The Kier molecular flexibility index (Phi) is 2.96. The summed E-state index contributed by atoms with van der Waals surface area (Å²) in [6.07, 6.45) is 1.80. The fraction of sp³-hybridized carbons (Fsp3) is 0.118. The summed E-state index contributed by atoms with van der Waals surface area (Å²) in [4.78, 5) is 13.8. The van der Waals surface area contributed by atoms with E-state index in [9.17, 15) is 4.79 Å². The molecule has 2 aromatic carbocycles. The average molecular weight is 295 g/mol. The molecule has 1 fully saturated rings. The summed E-state index contributed by atoms with van der Waals surface area (Å²) in [5.74, 6) is 1.07. The highest BCUT2D eigenvalue weighted by Crippen LogP contribution is 2.34. The molecule has 5 nitrogen and oxygen atoms in total. The molecule has 0 saturated carbocycles. The highest BCUT2D eigenvalue weighted by molar-refractivity contribution is 6.00. The van der Waals surface area contributed by atoms with Gasteiger partial charge in [0.1, 0.15) is 5.70 Å². The minimum atomic E-state index is -0.332. The summed E-state index contributed by atoms with van der Waals surface area (Å²) in [7, 11) is 0. The number of benzene rings is 2. The lowest BCUT2D eigenvalue weighted by Gasteiger charge is -2.15. The maximum atomic E-state index is 12.0. The van der Waals surface area contributed by atoms with Crippen LogP contribution in [0.25, 0.3) is 6.08 Å². The van der Waals surface area contributed by atoms with Crippen LogP contribution in [0.3, 0.4) is 0 Å². The van der Waals surface area contributed by atoms with E-state index in [1.807, 2.05) is 53.4 Å². The van der Waals surface area contributed by atoms with E-state index < -0.39 is 0 Å². The molecule has 2 heterocycles. The lowest BCUT2D eigenvalue weighted by atomic mass is 10.1. The Morgan fingerprint density at radius 2 is 1.77 bits per heavy atom. The van der Waals surface area contributed by atoms with E-state index in [2.05, 4.69) is 0 Å². The minimum absolute atomic E-state index is 0.221. The molecule has 1 saturated heterocycles. The number of rotatable bonds is 2. The van der Waals surface area contributed by atoms with Crippen LogP contribution in [0.15, 0.2) is 54.2 Å². The van der Waals surface area contributed by atoms with Gasteiger partial charge in [-0.25, -0.2) is 4.79 Å². The van der Waals surface area contributed by atoms with Crippen molar-refractivity contribution >= 4 is 17.7 Å². The number of carbonyl (C=O) groups is 1. The van der Waals surface area contributed by atoms with Crippen LogP contribution in [0.5, 0.6) is 11.5 Å². The Morgan fingerprint density at radius 1 is 0.955 bits per heavy atom. The molecule has 4 rings (SSSR count). The van der Waals surface area contributed by atoms with Crippen molar-refractivity contribution in [1.82, 2.24) is 0 Å². The molecular weight excluding hydrogens is 282 g/mol. The van der Waals surface area contributed by atoms with Crippen LogP contribution in [-0.4, -0.2) is 19.5 Å². The first-order valence-electron chi connectivity index (χ1n) is 6.92. The summed E-state index contributed by atoms with van der Waals surface area (Å²) in [5, 5.41) is 0. The summed E-state index contributed by atoms with van der Waals surface area (Å²) in [6.45, 7) is 0.451. The Bertz CT molecular complexity index is 755. The first-order chi connectivity index (χ1) is 10.8. The van der Waals surface area contributed by atoms with E-state index in [0.29, 0.717) is 11.4 Å². The number of hydrogen-bond donors (Lipinski definition) is 0. The Labute approximate surface area is 127 Å². The third-order valence-corrected chi connectivity index (χ3v) is 3.59. The lowest BCUT2D eigenvalue weighted by Crippen LogP contribution is -2.17. The van der Waals surface area contributed by atoms with Gasteiger partial charge in [0.15, 0.2) is 18.2 Å². The van der Waals surface area contributed by atoms with E-state index >= 15 is 0 Å². The van der Waals surface area contributed by atoms with Crippen LogP contribution < -0.4 is 14.4 Å². The molecule has 0 aromatic heterocycles. The highest BCUT2D eigenvalue weighted by atomic mass is 16.7. The average Bonchev–Trinajstić information content (AvgIpc) is 3.15. The van der Waals surface area contributed by atoms with Gasteiger partial charge < -0.3 is 19.1 Å². The quantitative estimate of drug-likeness (QED) is 0.630. The number of hydrogen-bond acceptors (Lipinski definition) is 5. The van der Waals surface area contributed by atoms with Crippen molar-refractivity contribution in [3.05, 3.63) is 59.8 Å². The van der Waals surface area contributed by atoms with Crippen LogP contribution >= 0.6 is 0 Å². The second-order valence-electron chi connectivity index (χ2n) is 4.97. The van der Waals surface area contributed by atoms with Gasteiger partial charge in [0.25, 0.3) is 0 Å². The molecule has 0 aliphatic carbocycles. The summed E-state index contributed by atoms with van der Waals surface area (Å²) < 4.78 is 15.8. The van der Waals surface area contributed by atoms with Gasteiger partial charge in [0.05, 0.1) is 0 Å². The summed E-state index contributed by atoms with van der Waals surface area (Å²) in [5.41, 5.74) is 2.28. The highest BCUT2D eigenvalue weighted by Gasteiger charge is 2.28. The fourth-order valence-electron chi connectivity index (χ4n) is 2.50. The first kappa shape index (κ1) is 12.8. The molecule has 110 valence electrons. The van der Waals surface area contributed by atoms with Gasteiger partial charge in [-0.3, -0.25) is 0 Å². The first-order valence-corrected chi connectivity index (χ1v) is 6.92. The van der Waals surface area contributed by atoms with Gasteiger partial charge in [-0.05, 0) is 35.9 Å². The Hall–Kier alpha value is -2.95. The standard InChI is InChI=1S/C17H13NO4/c19-17-14(18(10-20-17)13-4-2-1-3-5-13)8-12-6-7-15-16(9-12)22-11-21-15/h1-9H,10-11H2/b14-8+. The second kappa shape index (κ2) is 5.11. The van der Waals surface area contributed by atoms with Crippen molar-refractivity contribution in [3.63, 3.8) is 0 Å². The molecule has 0 N–H and O–H groups in total. The number of cyclic esters (lactones) is 1. The predicted molar refractivity (Wildman–Crippen MR) is 80.4 cm³/mol. The molecule has 5 heteroatoms. The maximum absolute atomic E-state index is 12.0. The third-order valence-electron chi connectivity index (χ3n) is 3.59. The largest absolute Gasteiger partial charge is 0.454 e. The zero-order valence-corrected chi connectivity index (χ0v) is 11.7. The molecule has 0 spiro atoms. The zero-order valence-electron chi connectivity index (χ0n) is 11.7. The topological polar surface area (TPSA) is 48.0 Å². The minimum Gasteiger partial charge on any atom is -0.454 e. The van der Waals surface area contributed by atoms with Gasteiger partial charge in [-0.2, -0.15) is 0 Å². The normalized spacial score (nSPS) is 17.9. The van der Waals surface area contributed by atoms with E-state index in [1.54, 1.807) is 6.08 Å². The molecule has 0 amide bonds. The van der Waals surface area contributed by atoms with E-state index in [-0.39, 0.29) is 19.5 Å². The van der Waals surface area contributed by atoms with E-state index in [4.69, 9.17) is 14.2 Å². The van der Waals surface area contributed by atoms with Gasteiger partial charge >= 0.3 is 5.97 Å². The number of para-hydroxylation sites is 1. The van der Waals surface area contributed by atoms with Crippen molar-refractivity contribution in [1.29, 1.82) is 0 Å². The molecular formula is C17H13NO4. The van der Waals surface area contributed by atoms with Gasteiger partial charge in [-0.1, -0.05) is 24.3 Å². The van der Waals surface area contributed by atoms with Crippen molar-refractivity contribution in [2.24, 2.45) is 0 Å². The van der Waals surface area contributed by atoms with Gasteiger partial charge in [0, 0.05) is 5.69 Å². The van der Waals surface area contributed by atoms with Crippen LogP contribution in [0.2, 0.25) is 0 Å². The van der Waals surface area contributed by atoms with Gasteiger partial charge in [0.2, 0.25) is 6.79 Å². The number of esters is 1. The molecule has 2 aliphatic rings. The number of carbonyl (C=O) groups excluding carboxylic acids is 1. The molecule has 2 aromatic rings. The monoisotopic (exact) mass is 295 g/mol. The Morgan fingerprint density at radius 3 is 2.64 bits per heavy atom. The molecule has 0 radical (unpaired) electrons. The van der Waals surface area contributed by atoms with Crippen molar-refractivity contribution < 1.29 is 19.0 Å². The van der Waals surface area contributed by atoms with E-state index in [1.165, 1.54) is 0 Å². The van der Waals surface area contributed by atoms with Crippen LogP contribution in [0.4, 0.5) is 5.69 Å². The molecule has 22 heavy (non-hydrogen) atoms. The molecule has 2 aliphatic heterocycles. The number of nitrogens with zero attached hydrogens (tertiary/aromatic N) is 1. The predicted octanol–water partition coefficient (Wildman–Crippen LogP) is 2.78. The molecule has 0 bridgehead atoms. The number of fused-ring (bicyclic) bond motifs is 1. The lowest BCUT2D eigenvalue weighted by molar-refractivity contribution is -0.134. The third kappa shape index (κ3) is 2.16. The zero-order chi connectivity index (χ0) is 14.9. The van der Waals surface area contributed by atoms with Crippen molar-refractivity contribution in [2.45, 2.75) is 0 Å². The van der Waals surface area contributed by atoms with Gasteiger partial charge in [-0.15, -0.1) is 0 Å². The second-order valence-corrected chi connectivity index (χ2v) is 4.97. The SMILES string of the molecule is O=C1OCN(c2ccccc2)/C1=C/c1ccc2c(c1)OCO2. The Balaban J connectivity index is 1.71. The van der Waals surface area contributed by atoms with Crippen LogP contribution in [-0.2, 0) is 9.53 Å². The molecule has 0 unspecified atom stereocenters. The van der Waals surface area contributed by atoms with Crippen molar-refractivity contribution in [2.75, 3.05) is 18.4 Å². The molecule has 0 atom stereocenters. The van der Waals surface area contributed by atoms with Crippen molar-refractivity contribution in [3.8, 4) is 11.5 Å². The smallest absolute Gasteiger partial charge is 0.356 e. The summed E-state index contributed by atoms with van der Waals surface area (Å²) in [6, 6.07) is 15.2. The number of ether oxygens (including phenoxy) is 3. The van der Waals surface area contributed by atoms with E-state index in [0.717, 1.165) is 17.0 Å². The number of anilines is 1. The summed E-state index contributed by atoms with van der Waals surface area (Å²) >= 11 is 0. The maximum Gasteiger partial charge on any atom is 0.356 e. The fourth-order valence-corrected chi connectivity index (χ4v) is 2.50.